The Balaban J connectivity index is 1.87. The number of benzene rings is 1. The van der Waals surface area contributed by atoms with Crippen LogP contribution in [0.5, 0.6) is 0 Å². The predicted octanol–water partition coefficient (Wildman–Crippen LogP) is 1.89. The summed E-state index contributed by atoms with van der Waals surface area (Å²) in [5, 5.41) is 0. The van der Waals surface area contributed by atoms with E-state index in [1.807, 2.05) is 19.1 Å². The topological polar surface area (TPSA) is 88.1 Å². The molecule has 26 heavy (non-hydrogen) atoms. The van der Waals surface area contributed by atoms with Gasteiger partial charge in [0.2, 0.25) is 0 Å². The SMILES string of the molecule is Cc1ccc(C(=O)OCCOCCOCCOCCSS(C)(=O)=O)cc1. The Hall–Kier alpha value is -1.13. The van der Waals surface area contributed by atoms with Crippen LogP contribution >= 0.6 is 10.8 Å². The van der Waals surface area contributed by atoms with Crippen molar-refractivity contribution in [2.24, 2.45) is 0 Å². The van der Waals surface area contributed by atoms with Gasteiger partial charge in [-0.2, -0.15) is 0 Å². The van der Waals surface area contributed by atoms with E-state index in [1.165, 1.54) is 6.26 Å². The molecule has 0 spiro atoms. The molecule has 1 rings (SSSR count). The van der Waals surface area contributed by atoms with Crippen molar-refractivity contribution in [2.45, 2.75) is 6.92 Å². The summed E-state index contributed by atoms with van der Waals surface area (Å²) >= 11 is 0. The Kier molecular flexibility index (Phi) is 11.5. The molecule has 0 aliphatic carbocycles. The average Bonchev–Trinajstić information content (AvgIpc) is 2.58. The van der Waals surface area contributed by atoms with E-state index >= 15 is 0 Å². The van der Waals surface area contributed by atoms with Gasteiger partial charge in [0.25, 0.3) is 0 Å². The van der Waals surface area contributed by atoms with E-state index in [0.717, 1.165) is 16.4 Å². The number of carbonyl (C=O) groups is 1. The summed E-state index contributed by atoms with van der Waals surface area (Å²) < 4.78 is 42.7. The van der Waals surface area contributed by atoms with E-state index in [-0.39, 0.29) is 12.6 Å². The van der Waals surface area contributed by atoms with Crippen LogP contribution in [0.2, 0.25) is 0 Å². The maximum atomic E-state index is 11.7. The smallest absolute Gasteiger partial charge is 0.338 e. The van der Waals surface area contributed by atoms with Crippen molar-refractivity contribution in [1.82, 2.24) is 0 Å². The van der Waals surface area contributed by atoms with Gasteiger partial charge in [-0.15, -0.1) is 0 Å². The molecule has 1 aromatic rings. The Bertz CT molecular complexity index is 615. The third-order valence-corrected chi connectivity index (χ3v) is 5.56. The Labute approximate surface area is 158 Å². The molecule has 7 nitrogen and oxygen atoms in total. The summed E-state index contributed by atoms with van der Waals surface area (Å²) in [5.74, 6) is 0.0412. The van der Waals surface area contributed by atoms with Gasteiger partial charge in [0, 0.05) is 12.0 Å². The fourth-order valence-electron chi connectivity index (χ4n) is 1.75. The molecule has 0 amide bonds. The first kappa shape index (κ1) is 22.9. The number of aryl methyl sites for hydroxylation is 1. The number of carbonyl (C=O) groups excluding carboxylic acids is 1. The highest BCUT2D eigenvalue weighted by atomic mass is 33.1. The van der Waals surface area contributed by atoms with Gasteiger partial charge in [0.05, 0.1) is 45.2 Å². The minimum atomic E-state index is -3.00. The second-order valence-electron chi connectivity index (χ2n) is 5.37. The first-order valence-electron chi connectivity index (χ1n) is 8.20. The summed E-state index contributed by atoms with van der Waals surface area (Å²) in [5.41, 5.74) is 1.61. The van der Waals surface area contributed by atoms with Crippen molar-refractivity contribution in [3.63, 3.8) is 0 Å². The molecule has 0 bridgehead atoms. The lowest BCUT2D eigenvalue weighted by Gasteiger charge is -2.07. The minimum Gasteiger partial charge on any atom is -0.460 e. The van der Waals surface area contributed by atoms with Crippen LogP contribution in [0.3, 0.4) is 0 Å². The Morgan fingerprint density at radius 3 is 1.92 bits per heavy atom. The van der Waals surface area contributed by atoms with Crippen LogP contribution in [-0.2, 0) is 27.8 Å². The highest BCUT2D eigenvalue weighted by molar-refractivity contribution is 8.71. The molecule has 0 aromatic heterocycles. The molecule has 0 heterocycles. The van der Waals surface area contributed by atoms with E-state index in [4.69, 9.17) is 18.9 Å². The zero-order valence-electron chi connectivity index (χ0n) is 15.1. The van der Waals surface area contributed by atoms with E-state index < -0.39 is 8.87 Å². The highest BCUT2D eigenvalue weighted by Gasteiger charge is 2.06. The first-order chi connectivity index (χ1) is 12.4. The lowest BCUT2D eigenvalue weighted by atomic mass is 10.1. The normalized spacial score (nSPS) is 11.5. The van der Waals surface area contributed by atoms with Crippen molar-refractivity contribution >= 4 is 25.6 Å². The quantitative estimate of drug-likeness (QED) is 0.263. The van der Waals surface area contributed by atoms with Gasteiger partial charge in [-0.1, -0.05) is 17.7 Å². The molecule has 0 radical (unpaired) electrons. The molecule has 0 unspecified atom stereocenters. The van der Waals surface area contributed by atoms with Gasteiger partial charge in [0.1, 0.15) is 6.61 Å². The standard InChI is InChI=1S/C17H26O7S2/c1-15-3-5-16(6-4-15)17(18)24-12-11-22-8-7-21-9-10-23-13-14-25-26(2,19)20/h3-6H,7-14H2,1-2H3. The third kappa shape index (κ3) is 12.3. The van der Waals surface area contributed by atoms with Crippen LogP contribution in [-0.4, -0.2) is 72.6 Å². The highest BCUT2D eigenvalue weighted by Crippen LogP contribution is 2.08. The fourth-order valence-corrected chi connectivity index (χ4v) is 3.35. The molecule has 9 heteroatoms. The van der Waals surface area contributed by atoms with Gasteiger partial charge < -0.3 is 18.9 Å². The van der Waals surface area contributed by atoms with Crippen LogP contribution in [0, 0.1) is 6.92 Å². The van der Waals surface area contributed by atoms with Crippen LogP contribution in [0.15, 0.2) is 24.3 Å². The second-order valence-corrected chi connectivity index (χ2v) is 9.94. The van der Waals surface area contributed by atoms with Crippen molar-refractivity contribution < 1.29 is 32.2 Å². The summed E-state index contributed by atoms with van der Waals surface area (Å²) in [6.45, 7) is 4.43. The second kappa shape index (κ2) is 13.1. The zero-order chi connectivity index (χ0) is 19.3. The van der Waals surface area contributed by atoms with Gasteiger partial charge in [-0.3, -0.25) is 0 Å². The van der Waals surface area contributed by atoms with Crippen molar-refractivity contribution in [2.75, 3.05) is 58.3 Å². The number of rotatable bonds is 14. The first-order valence-corrected chi connectivity index (χ1v) is 11.6. The summed E-state index contributed by atoms with van der Waals surface area (Å²) in [4.78, 5) is 11.7. The molecular weight excluding hydrogens is 380 g/mol. The number of ether oxygens (including phenoxy) is 4. The van der Waals surface area contributed by atoms with E-state index in [1.54, 1.807) is 12.1 Å². The number of hydrogen-bond acceptors (Lipinski definition) is 8. The largest absolute Gasteiger partial charge is 0.460 e. The third-order valence-electron chi connectivity index (χ3n) is 3.02. The maximum absolute atomic E-state index is 11.7. The molecule has 0 saturated heterocycles. The Morgan fingerprint density at radius 2 is 1.38 bits per heavy atom. The van der Waals surface area contributed by atoms with Gasteiger partial charge in [0.15, 0.2) is 8.87 Å². The molecule has 0 saturated carbocycles. The maximum Gasteiger partial charge on any atom is 0.338 e. The molecule has 148 valence electrons. The lowest BCUT2D eigenvalue weighted by Crippen LogP contribution is -2.14. The Morgan fingerprint density at radius 1 is 0.885 bits per heavy atom. The molecule has 0 N–H and O–H groups in total. The monoisotopic (exact) mass is 406 g/mol. The molecule has 0 aliphatic heterocycles. The van der Waals surface area contributed by atoms with Gasteiger partial charge in [-0.05, 0) is 29.9 Å². The molecule has 0 fully saturated rings. The molecule has 1 aromatic carbocycles. The summed E-state index contributed by atoms with van der Waals surface area (Å²) in [6, 6.07) is 7.18. The van der Waals surface area contributed by atoms with Crippen molar-refractivity contribution in [3.8, 4) is 0 Å². The summed E-state index contributed by atoms with van der Waals surface area (Å²) in [7, 11) is -2.14. The van der Waals surface area contributed by atoms with Crippen LogP contribution in [0.25, 0.3) is 0 Å². The molecular formula is C17H26O7S2. The summed E-state index contributed by atoms with van der Waals surface area (Å²) in [6.07, 6.45) is 1.17. The lowest BCUT2D eigenvalue weighted by molar-refractivity contribution is 0.00206. The van der Waals surface area contributed by atoms with Crippen LogP contribution in [0.4, 0.5) is 0 Å². The van der Waals surface area contributed by atoms with E-state index in [0.29, 0.717) is 51.0 Å². The van der Waals surface area contributed by atoms with Crippen LogP contribution < -0.4 is 0 Å². The molecule has 0 aliphatic rings. The zero-order valence-corrected chi connectivity index (χ0v) is 16.8. The van der Waals surface area contributed by atoms with Gasteiger partial charge >= 0.3 is 5.97 Å². The molecule has 0 atom stereocenters. The van der Waals surface area contributed by atoms with Gasteiger partial charge in [-0.25, -0.2) is 13.2 Å². The average molecular weight is 407 g/mol. The van der Waals surface area contributed by atoms with E-state index in [9.17, 15) is 13.2 Å². The van der Waals surface area contributed by atoms with Crippen molar-refractivity contribution in [1.29, 1.82) is 0 Å². The minimum absolute atomic E-state index is 0.188. The fraction of sp³-hybridized carbons (Fsp3) is 0.588. The number of hydrogen-bond donors (Lipinski definition) is 0. The predicted molar refractivity (Wildman–Crippen MR) is 101 cm³/mol. The number of esters is 1. The van der Waals surface area contributed by atoms with Crippen molar-refractivity contribution in [3.05, 3.63) is 35.4 Å². The van der Waals surface area contributed by atoms with E-state index in [2.05, 4.69) is 0 Å². The van der Waals surface area contributed by atoms with Crippen LogP contribution in [0.1, 0.15) is 15.9 Å².